The molecular weight excluding hydrogens is 234 g/mol. The molecule has 0 unspecified atom stereocenters. The van der Waals surface area contributed by atoms with Gasteiger partial charge in [0.25, 0.3) is 0 Å². The molecule has 2 fully saturated rings. The predicted octanol–water partition coefficient (Wildman–Crippen LogP) is -0.0555. The summed E-state index contributed by atoms with van der Waals surface area (Å²) in [6.45, 7) is 3.29. The van der Waals surface area contributed by atoms with Gasteiger partial charge >= 0.3 is 6.03 Å². The summed E-state index contributed by atoms with van der Waals surface area (Å²) in [7, 11) is 1.53. The molecule has 2 N–H and O–H groups in total. The molecule has 2 saturated heterocycles. The Morgan fingerprint density at radius 1 is 1.28 bits per heavy atom. The van der Waals surface area contributed by atoms with Crippen LogP contribution in [0.25, 0.3) is 0 Å². The summed E-state index contributed by atoms with van der Waals surface area (Å²) < 4.78 is 5.38. The fourth-order valence-electron chi connectivity index (χ4n) is 2.72. The molecule has 0 bridgehead atoms. The number of amides is 3. The van der Waals surface area contributed by atoms with Gasteiger partial charge in [-0.3, -0.25) is 4.79 Å². The molecule has 2 rings (SSSR count). The summed E-state index contributed by atoms with van der Waals surface area (Å²) in [4.78, 5) is 24.8. The van der Waals surface area contributed by atoms with Crippen molar-refractivity contribution in [3.8, 4) is 0 Å². The van der Waals surface area contributed by atoms with Gasteiger partial charge in [0.15, 0.2) is 0 Å². The molecule has 0 atom stereocenters. The zero-order chi connectivity index (χ0) is 13.0. The molecule has 6 heteroatoms. The summed E-state index contributed by atoms with van der Waals surface area (Å²) in [6.07, 6.45) is 3.14. The Balaban J connectivity index is 1.80. The average molecular weight is 255 g/mol. The Labute approximate surface area is 107 Å². The number of nitrogens with zero attached hydrogens (tertiary/aromatic N) is 1. The van der Waals surface area contributed by atoms with Crippen LogP contribution in [-0.4, -0.2) is 56.7 Å². The molecule has 0 aromatic carbocycles. The van der Waals surface area contributed by atoms with E-state index in [9.17, 15) is 9.59 Å². The molecule has 0 aromatic rings. The lowest BCUT2D eigenvalue weighted by Crippen LogP contribution is -2.43. The quantitative estimate of drug-likeness (QED) is 0.726. The molecule has 0 saturated carbocycles. The van der Waals surface area contributed by atoms with Crippen LogP contribution >= 0.6 is 0 Å². The highest BCUT2D eigenvalue weighted by atomic mass is 16.5. The third-order valence-corrected chi connectivity index (χ3v) is 3.97. The number of hydrogen-bond donors (Lipinski definition) is 2. The Kier molecular flexibility index (Phi) is 4.06. The number of hydrogen-bond acceptors (Lipinski definition) is 3. The highest BCUT2D eigenvalue weighted by molar-refractivity contribution is 5.84. The second-order valence-electron chi connectivity index (χ2n) is 5.11. The molecule has 102 valence electrons. The van der Waals surface area contributed by atoms with Gasteiger partial charge in [0.1, 0.15) is 0 Å². The maximum atomic E-state index is 11.9. The van der Waals surface area contributed by atoms with Crippen molar-refractivity contribution in [3.63, 3.8) is 0 Å². The van der Waals surface area contributed by atoms with E-state index in [0.717, 1.165) is 45.6 Å². The van der Waals surface area contributed by atoms with Gasteiger partial charge in [0.2, 0.25) is 5.91 Å². The van der Waals surface area contributed by atoms with Crippen molar-refractivity contribution in [2.75, 3.05) is 39.9 Å². The summed E-state index contributed by atoms with van der Waals surface area (Å²) in [5, 5.41) is 4.96. The lowest BCUT2D eigenvalue weighted by molar-refractivity contribution is -0.129. The average Bonchev–Trinajstić information content (AvgIpc) is 2.80. The maximum Gasteiger partial charge on any atom is 0.314 e. The zero-order valence-corrected chi connectivity index (χ0v) is 10.8. The normalized spacial score (nSPS) is 21.9. The number of ether oxygens (including phenoxy) is 1. The molecule has 18 heavy (non-hydrogen) atoms. The van der Waals surface area contributed by atoms with Crippen LogP contribution in [0, 0.1) is 5.41 Å². The van der Waals surface area contributed by atoms with E-state index in [4.69, 9.17) is 4.74 Å². The van der Waals surface area contributed by atoms with Crippen LogP contribution in [0.2, 0.25) is 0 Å². The van der Waals surface area contributed by atoms with Gasteiger partial charge < -0.3 is 20.3 Å². The van der Waals surface area contributed by atoms with Crippen LogP contribution in [-0.2, 0) is 9.53 Å². The number of carbonyl (C=O) groups is 2. The molecular formula is C12H21N3O3. The Hall–Kier alpha value is -1.30. The van der Waals surface area contributed by atoms with Gasteiger partial charge in [0, 0.05) is 33.4 Å². The van der Waals surface area contributed by atoms with Crippen molar-refractivity contribution in [2.24, 2.45) is 5.41 Å². The van der Waals surface area contributed by atoms with E-state index < -0.39 is 0 Å². The summed E-state index contributed by atoms with van der Waals surface area (Å²) in [6, 6.07) is -0.316. The fraction of sp³-hybridized carbons (Fsp3) is 0.833. The van der Waals surface area contributed by atoms with Crippen molar-refractivity contribution in [1.29, 1.82) is 0 Å². The first kappa shape index (κ1) is 13.1. The van der Waals surface area contributed by atoms with Gasteiger partial charge in [-0.1, -0.05) is 0 Å². The number of rotatable bonds is 2. The van der Waals surface area contributed by atoms with Crippen molar-refractivity contribution in [1.82, 2.24) is 15.5 Å². The zero-order valence-electron chi connectivity index (χ0n) is 10.8. The Bertz CT molecular complexity index is 327. The van der Waals surface area contributed by atoms with Crippen molar-refractivity contribution < 1.29 is 14.3 Å². The maximum absolute atomic E-state index is 11.9. The second-order valence-corrected chi connectivity index (χ2v) is 5.11. The lowest BCUT2D eigenvalue weighted by atomic mass is 9.80. The fourth-order valence-corrected chi connectivity index (χ4v) is 2.72. The first-order valence-electron chi connectivity index (χ1n) is 6.46. The molecule has 0 aromatic heterocycles. The SMILES string of the molecule is CNC(=O)NCC(=O)N1CCC2(CCOCC2)C1. The highest BCUT2D eigenvalue weighted by Crippen LogP contribution is 2.39. The molecule has 2 heterocycles. The minimum atomic E-state index is -0.316. The van der Waals surface area contributed by atoms with E-state index in [-0.39, 0.29) is 23.9 Å². The van der Waals surface area contributed by atoms with E-state index in [0.29, 0.717) is 0 Å². The molecule has 0 radical (unpaired) electrons. The van der Waals surface area contributed by atoms with Crippen LogP contribution in [0.5, 0.6) is 0 Å². The smallest absolute Gasteiger partial charge is 0.314 e. The van der Waals surface area contributed by atoms with E-state index >= 15 is 0 Å². The second kappa shape index (κ2) is 5.56. The highest BCUT2D eigenvalue weighted by Gasteiger charge is 2.40. The minimum Gasteiger partial charge on any atom is -0.381 e. The minimum absolute atomic E-state index is 0.00182. The third-order valence-electron chi connectivity index (χ3n) is 3.97. The number of urea groups is 1. The van der Waals surface area contributed by atoms with Crippen LogP contribution in [0.4, 0.5) is 4.79 Å². The van der Waals surface area contributed by atoms with Crippen LogP contribution in [0.1, 0.15) is 19.3 Å². The topological polar surface area (TPSA) is 70.7 Å². The lowest BCUT2D eigenvalue weighted by Gasteiger charge is -2.33. The van der Waals surface area contributed by atoms with Crippen molar-refractivity contribution >= 4 is 11.9 Å². The van der Waals surface area contributed by atoms with Crippen molar-refractivity contribution in [3.05, 3.63) is 0 Å². The summed E-state index contributed by atoms with van der Waals surface area (Å²) >= 11 is 0. The Morgan fingerprint density at radius 2 is 2.00 bits per heavy atom. The van der Waals surface area contributed by atoms with Crippen molar-refractivity contribution in [2.45, 2.75) is 19.3 Å². The predicted molar refractivity (Wildman–Crippen MR) is 66.1 cm³/mol. The number of nitrogens with one attached hydrogen (secondary N) is 2. The molecule has 0 aliphatic carbocycles. The summed E-state index contributed by atoms with van der Waals surface area (Å²) in [5.41, 5.74) is 0.265. The van der Waals surface area contributed by atoms with Gasteiger partial charge in [0.05, 0.1) is 6.54 Å². The standard InChI is InChI=1S/C12H21N3O3/c1-13-11(17)14-8-10(16)15-5-2-12(9-15)3-6-18-7-4-12/h2-9H2,1H3,(H2,13,14,17). The van der Waals surface area contributed by atoms with Crippen LogP contribution in [0.3, 0.4) is 0 Å². The Morgan fingerprint density at radius 3 is 2.67 bits per heavy atom. The van der Waals surface area contributed by atoms with E-state index in [1.807, 2.05) is 4.90 Å². The molecule has 2 aliphatic heterocycles. The monoisotopic (exact) mass is 255 g/mol. The van der Waals surface area contributed by atoms with E-state index in [1.54, 1.807) is 0 Å². The molecule has 6 nitrogen and oxygen atoms in total. The van der Waals surface area contributed by atoms with Gasteiger partial charge in [-0.05, 0) is 24.7 Å². The van der Waals surface area contributed by atoms with Crippen LogP contribution < -0.4 is 10.6 Å². The van der Waals surface area contributed by atoms with E-state index in [2.05, 4.69) is 10.6 Å². The number of carbonyl (C=O) groups excluding carboxylic acids is 2. The molecule has 1 spiro atoms. The first-order chi connectivity index (χ1) is 8.65. The van der Waals surface area contributed by atoms with Gasteiger partial charge in [-0.15, -0.1) is 0 Å². The van der Waals surface area contributed by atoms with Gasteiger partial charge in [-0.2, -0.15) is 0 Å². The molecule has 3 amide bonds. The van der Waals surface area contributed by atoms with Crippen LogP contribution in [0.15, 0.2) is 0 Å². The van der Waals surface area contributed by atoms with E-state index in [1.165, 1.54) is 7.05 Å². The third kappa shape index (κ3) is 2.93. The largest absolute Gasteiger partial charge is 0.381 e. The number of likely N-dealkylation sites (tertiary alicyclic amines) is 1. The van der Waals surface area contributed by atoms with Gasteiger partial charge in [-0.25, -0.2) is 4.79 Å². The molecule has 2 aliphatic rings. The first-order valence-corrected chi connectivity index (χ1v) is 6.46. The summed E-state index contributed by atoms with van der Waals surface area (Å²) in [5.74, 6) is 0.00182.